The minimum Gasteiger partial charge on any atom is -0.350 e. The van der Waals surface area contributed by atoms with Gasteiger partial charge in [-0.15, -0.1) is 0 Å². The van der Waals surface area contributed by atoms with Gasteiger partial charge < -0.3 is 5.32 Å². The Morgan fingerprint density at radius 2 is 2.33 bits per heavy atom. The Bertz CT molecular complexity index is 218. The monoisotopic (exact) mass is 167 g/mol. The molecule has 0 rings (SSSR count). The molecular weight excluding hydrogens is 154 g/mol. The number of hydrogen-bond acceptors (Lipinski definition) is 2. The fourth-order valence-corrected chi connectivity index (χ4v) is 0.556. The molecule has 4 heteroatoms. The van der Waals surface area contributed by atoms with Crippen molar-refractivity contribution in [2.75, 3.05) is 6.54 Å². The van der Waals surface area contributed by atoms with Crippen LogP contribution in [0.15, 0.2) is 22.3 Å². The molecule has 0 spiro atoms. The number of aliphatic imine (C=N–C) groups is 2. The van der Waals surface area contributed by atoms with Crippen molar-refractivity contribution in [1.29, 1.82) is 0 Å². The van der Waals surface area contributed by atoms with Crippen LogP contribution in [-0.4, -0.2) is 25.0 Å². The van der Waals surface area contributed by atoms with E-state index in [0.29, 0.717) is 6.54 Å². The van der Waals surface area contributed by atoms with E-state index in [1.165, 1.54) is 6.20 Å². The van der Waals surface area contributed by atoms with Crippen LogP contribution in [0.5, 0.6) is 0 Å². The smallest absolute Gasteiger partial charge is 0.289 e. The van der Waals surface area contributed by atoms with Gasteiger partial charge in [0.25, 0.3) is 5.91 Å². The zero-order valence-corrected chi connectivity index (χ0v) is 7.37. The number of carbonyl (C=O) groups is 1. The van der Waals surface area contributed by atoms with Gasteiger partial charge >= 0.3 is 0 Å². The molecule has 0 radical (unpaired) electrons. The lowest BCUT2D eigenvalue weighted by atomic mass is 10.5. The minimum atomic E-state index is -0.300. The number of likely N-dealkylation sites (N-methyl/N-ethyl adjacent to an activating group) is 1. The van der Waals surface area contributed by atoms with Gasteiger partial charge in [0.1, 0.15) is 0 Å². The Kier molecular flexibility index (Phi) is 5.51. The van der Waals surface area contributed by atoms with E-state index in [1.807, 2.05) is 13.8 Å². The standard InChI is InChI=1S/C8H13N3O/c1-4-6-11-7(9-3)8(12)10-5-2/h4,6H,3,5H2,1-2H3,(H,10,12). The van der Waals surface area contributed by atoms with E-state index in [4.69, 9.17) is 0 Å². The molecule has 0 bridgehead atoms. The third-order valence-electron chi connectivity index (χ3n) is 1.04. The number of rotatable bonds is 2. The number of amides is 1. The van der Waals surface area contributed by atoms with Crippen LogP contribution in [0, 0.1) is 0 Å². The van der Waals surface area contributed by atoms with E-state index in [-0.39, 0.29) is 11.7 Å². The molecule has 1 amide bonds. The average Bonchev–Trinajstić information content (AvgIpc) is 2.06. The van der Waals surface area contributed by atoms with E-state index >= 15 is 0 Å². The van der Waals surface area contributed by atoms with Gasteiger partial charge in [-0.05, 0) is 20.6 Å². The van der Waals surface area contributed by atoms with Crippen molar-refractivity contribution in [2.45, 2.75) is 13.8 Å². The second kappa shape index (κ2) is 6.27. The summed E-state index contributed by atoms with van der Waals surface area (Å²) >= 11 is 0. The normalized spacial score (nSPS) is 11.7. The predicted molar refractivity (Wildman–Crippen MR) is 50.5 cm³/mol. The van der Waals surface area contributed by atoms with Crippen LogP contribution in [0.1, 0.15) is 13.8 Å². The number of carbonyl (C=O) groups excluding carboxylic acids is 1. The molecule has 0 aliphatic carbocycles. The van der Waals surface area contributed by atoms with Crippen LogP contribution in [0.3, 0.4) is 0 Å². The fourth-order valence-electron chi connectivity index (χ4n) is 0.556. The van der Waals surface area contributed by atoms with Crippen molar-refractivity contribution in [2.24, 2.45) is 9.98 Å². The Morgan fingerprint density at radius 1 is 1.67 bits per heavy atom. The highest BCUT2D eigenvalue weighted by atomic mass is 16.2. The van der Waals surface area contributed by atoms with Crippen LogP contribution in [0.25, 0.3) is 0 Å². The SMILES string of the molecule is C=NC(=NC=CC)C(=O)NCC. The van der Waals surface area contributed by atoms with Gasteiger partial charge in [-0.2, -0.15) is 0 Å². The minimum absolute atomic E-state index is 0.0925. The first-order valence-electron chi connectivity index (χ1n) is 3.70. The summed E-state index contributed by atoms with van der Waals surface area (Å²) in [5.41, 5.74) is 0. The van der Waals surface area contributed by atoms with Crippen LogP contribution in [0.2, 0.25) is 0 Å². The van der Waals surface area contributed by atoms with E-state index in [2.05, 4.69) is 22.0 Å². The van der Waals surface area contributed by atoms with Gasteiger partial charge in [0.15, 0.2) is 0 Å². The lowest BCUT2D eigenvalue weighted by Crippen LogP contribution is -2.29. The summed E-state index contributed by atoms with van der Waals surface area (Å²) < 4.78 is 0. The predicted octanol–water partition coefficient (Wildman–Crippen LogP) is 0.755. The first kappa shape index (κ1) is 10.6. The molecule has 12 heavy (non-hydrogen) atoms. The van der Waals surface area contributed by atoms with Gasteiger partial charge in [0.2, 0.25) is 5.84 Å². The first-order chi connectivity index (χ1) is 5.76. The molecule has 0 aliphatic heterocycles. The summed E-state index contributed by atoms with van der Waals surface area (Å²) in [5, 5.41) is 2.57. The molecule has 0 fully saturated rings. The van der Waals surface area contributed by atoms with Crippen LogP contribution < -0.4 is 5.32 Å². The van der Waals surface area contributed by atoms with Crippen molar-refractivity contribution in [1.82, 2.24) is 5.32 Å². The number of nitrogens with one attached hydrogen (secondary N) is 1. The molecule has 0 saturated heterocycles. The van der Waals surface area contributed by atoms with Gasteiger partial charge in [-0.3, -0.25) is 4.79 Å². The maximum absolute atomic E-state index is 11.1. The summed E-state index contributed by atoms with van der Waals surface area (Å²) in [4.78, 5) is 18.3. The first-order valence-corrected chi connectivity index (χ1v) is 3.70. The zero-order chi connectivity index (χ0) is 9.40. The van der Waals surface area contributed by atoms with Crippen molar-refractivity contribution in [3.63, 3.8) is 0 Å². The van der Waals surface area contributed by atoms with E-state index < -0.39 is 0 Å². The number of hydrogen-bond donors (Lipinski definition) is 1. The van der Waals surface area contributed by atoms with Crippen molar-refractivity contribution in [3.8, 4) is 0 Å². The Morgan fingerprint density at radius 3 is 2.75 bits per heavy atom. The van der Waals surface area contributed by atoms with Crippen molar-refractivity contribution < 1.29 is 4.79 Å². The Hall–Kier alpha value is -1.45. The third-order valence-corrected chi connectivity index (χ3v) is 1.04. The van der Waals surface area contributed by atoms with Crippen LogP contribution >= 0.6 is 0 Å². The molecule has 0 atom stereocenters. The second-order valence-corrected chi connectivity index (χ2v) is 1.95. The van der Waals surface area contributed by atoms with Crippen molar-refractivity contribution in [3.05, 3.63) is 12.3 Å². The molecule has 4 nitrogen and oxygen atoms in total. The zero-order valence-electron chi connectivity index (χ0n) is 7.37. The van der Waals surface area contributed by atoms with Gasteiger partial charge in [-0.1, -0.05) is 6.08 Å². The molecule has 0 aromatic rings. The number of amidine groups is 1. The summed E-state index contributed by atoms with van der Waals surface area (Å²) in [6.45, 7) is 7.44. The van der Waals surface area contributed by atoms with Crippen LogP contribution in [0.4, 0.5) is 0 Å². The van der Waals surface area contributed by atoms with Gasteiger partial charge in [-0.25, -0.2) is 9.98 Å². The average molecular weight is 167 g/mol. The quantitative estimate of drug-likeness (QED) is 0.479. The molecule has 0 aromatic carbocycles. The van der Waals surface area contributed by atoms with E-state index in [0.717, 1.165) is 0 Å². The molecule has 0 heterocycles. The summed E-state index contributed by atoms with van der Waals surface area (Å²) in [6.07, 6.45) is 3.21. The number of allylic oxidation sites excluding steroid dienone is 1. The lowest BCUT2D eigenvalue weighted by molar-refractivity contribution is -0.114. The maximum Gasteiger partial charge on any atom is 0.289 e. The van der Waals surface area contributed by atoms with Gasteiger partial charge in [0, 0.05) is 12.7 Å². The summed E-state index contributed by atoms with van der Waals surface area (Å²) in [6, 6.07) is 0. The summed E-state index contributed by atoms with van der Waals surface area (Å²) in [7, 11) is 0. The molecule has 0 saturated carbocycles. The Labute approximate surface area is 72.1 Å². The molecule has 0 aromatic heterocycles. The van der Waals surface area contributed by atoms with Crippen molar-refractivity contribution >= 4 is 18.5 Å². The highest BCUT2D eigenvalue weighted by molar-refractivity contribution is 6.39. The largest absolute Gasteiger partial charge is 0.350 e. The van der Waals surface area contributed by atoms with Crippen LogP contribution in [-0.2, 0) is 4.79 Å². The van der Waals surface area contributed by atoms with E-state index in [1.54, 1.807) is 6.08 Å². The van der Waals surface area contributed by atoms with Gasteiger partial charge in [0.05, 0.1) is 0 Å². The number of nitrogens with zero attached hydrogens (tertiary/aromatic N) is 2. The molecule has 0 aliphatic rings. The molecule has 1 N–H and O–H groups in total. The maximum atomic E-state index is 11.1. The summed E-state index contributed by atoms with van der Waals surface area (Å²) in [5.74, 6) is -0.208. The molecular formula is C8H13N3O. The Balaban J connectivity index is 4.33. The molecule has 0 unspecified atom stereocenters. The fraction of sp³-hybridized carbons (Fsp3) is 0.375. The highest BCUT2D eigenvalue weighted by Crippen LogP contribution is 1.83. The highest BCUT2D eigenvalue weighted by Gasteiger charge is 2.05. The lowest BCUT2D eigenvalue weighted by Gasteiger charge is -1.98. The molecule has 66 valence electrons. The second-order valence-electron chi connectivity index (χ2n) is 1.95. The topological polar surface area (TPSA) is 53.8 Å². The third kappa shape index (κ3) is 3.65. The van der Waals surface area contributed by atoms with E-state index in [9.17, 15) is 4.79 Å².